The van der Waals surface area contributed by atoms with Crippen LogP contribution < -0.4 is 10.5 Å². The fraction of sp³-hybridized carbons (Fsp3) is 0.389. The molecule has 2 heterocycles. The van der Waals surface area contributed by atoms with Crippen molar-refractivity contribution in [2.75, 3.05) is 19.5 Å². The van der Waals surface area contributed by atoms with Gasteiger partial charge in [0.15, 0.2) is 0 Å². The van der Waals surface area contributed by atoms with Crippen LogP contribution in [-0.4, -0.2) is 53.6 Å². The van der Waals surface area contributed by atoms with Crippen LogP contribution in [0.1, 0.15) is 12.5 Å². The van der Waals surface area contributed by atoms with Crippen molar-refractivity contribution in [3.05, 3.63) is 41.1 Å². The highest BCUT2D eigenvalue weighted by Gasteiger charge is 2.52. The van der Waals surface area contributed by atoms with Gasteiger partial charge in [-0.15, -0.1) is 11.8 Å². The summed E-state index contributed by atoms with van der Waals surface area (Å²) in [5.41, 5.74) is 7.25. The number of ether oxygens (including phenoxy) is 3. The van der Waals surface area contributed by atoms with Crippen LogP contribution in [-0.2, 0) is 30.5 Å². The molecule has 0 spiro atoms. The second kappa shape index (κ2) is 8.01. The van der Waals surface area contributed by atoms with Crippen LogP contribution in [0.25, 0.3) is 0 Å². The monoisotopic (exact) mass is 392 g/mol. The molecular weight excluding hydrogens is 372 g/mol. The van der Waals surface area contributed by atoms with Crippen LogP contribution in [0, 0.1) is 0 Å². The van der Waals surface area contributed by atoms with Crippen LogP contribution in [0.2, 0.25) is 0 Å². The average Bonchev–Trinajstić information content (AvgIpc) is 2.69. The lowest BCUT2D eigenvalue weighted by molar-refractivity contribution is -0.151. The molecule has 1 saturated heterocycles. The smallest absolute Gasteiger partial charge is 0.355 e. The van der Waals surface area contributed by atoms with Gasteiger partial charge in [-0.25, -0.2) is 4.79 Å². The van der Waals surface area contributed by atoms with Gasteiger partial charge in [-0.1, -0.05) is 12.1 Å². The van der Waals surface area contributed by atoms with Crippen molar-refractivity contribution >= 4 is 29.6 Å². The summed E-state index contributed by atoms with van der Waals surface area (Å²) in [5, 5.41) is -0.304. The zero-order chi connectivity index (χ0) is 19.6. The predicted octanol–water partition coefficient (Wildman–Crippen LogP) is 0.798. The third-order valence-corrected chi connectivity index (χ3v) is 5.62. The Kier molecular flexibility index (Phi) is 5.71. The fourth-order valence-electron chi connectivity index (χ4n) is 2.81. The molecule has 0 aromatic heterocycles. The number of methoxy groups -OCH3 is 1. The number of thioether (sulfide) groups is 1. The van der Waals surface area contributed by atoms with Crippen molar-refractivity contribution < 1.29 is 28.6 Å². The molecule has 1 fully saturated rings. The topological polar surface area (TPSA) is 108 Å². The van der Waals surface area contributed by atoms with Gasteiger partial charge in [0.1, 0.15) is 36.1 Å². The maximum Gasteiger partial charge on any atom is 0.355 e. The molecule has 0 bridgehead atoms. The maximum absolute atomic E-state index is 12.7. The van der Waals surface area contributed by atoms with E-state index in [1.807, 2.05) is 0 Å². The van der Waals surface area contributed by atoms with Crippen molar-refractivity contribution in [1.29, 1.82) is 0 Å². The molecule has 2 aliphatic heterocycles. The third kappa shape index (κ3) is 3.93. The summed E-state index contributed by atoms with van der Waals surface area (Å²) in [7, 11) is 1.57. The number of nitrogens with zero attached hydrogens (tertiary/aromatic N) is 1. The van der Waals surface area contributed by atoms with Crippen LogP contribution in [0.5, 0.6) is 5.75 Å². The van der Waals surface area contributed by atoms with Crippen molar-refractivity contribution in [2.45, 2.75) is 24.9 Å². The number of benzene rings is 1. The molecule has 144 valence electrons. The Bertz CT molecular complexity index is 792. The summed E-state index contributed by atoms with van der Waals surface area (Å²) in [6.07, 6.45) is 0. The third-order valence-electron chi connectivity index (χ3n) is 4.26. The number of β-lactam (4-membered cyclic amide) rings is 1. The first kappa shape index (κ1) is 19.2. The van der Waals surface area contributed by atoms with E-state index >= 15 is 0 Å². The number of amides is 1. The normalized spacial score (nSPS) is 21.3. The predicted molar refractivity (Wildman–Crippen MR) is 97.5 cm³/mol. The van der Waals surface area contributed by atoms with Crippen LogP contribution >= 0.6 is 11.8 Å². The molecule has 0 aliphatic carbocycles. The lowest BCUT2D eigenvalue weighted by atomic mass is 10.0. The standard InChI is InChI=1S/C18H20N2O6S/c1-10(21)25-8-12-9-27-17-14(19)16(22)20(17)15(12)18(23)26-7-11-3-5-13(24-2)6-4-11/h3-6,14,17H,7-9,19H2,1-2H3/t14-,17-/m1/s1. The largest absolute Gasteiger partial charge is 0.497 e. The van der Waals surface area contributed by atoms with E-state index in [4.69, 9.17) is 19.9 Å². The quantitative estimate of drug-likeness (QED) is 0.559. The zero-order valence-corrected chi connectivity index (χ0v) is 15.8. The molecule has 1 amide bonds. The van der Waals surface area contributed by atoms with Crippen LogP contribution in [0.4, 0.5) is 0 Å². The van der Waals surface area contributed by atoms with Gasteiger partial charge in [0, 0.05) is 18.2 Å². The van der Waals surface area contributed by atoms with Gasteiger partial charge in [0.2, 0.25) is 5.91 Å². The van der Waals surface area contributed by atoms with Gasteiger partial charge in [-0.05, 0) is 17.7 Å². The number of hydrogen-bond acceptors (Lipinski definition) is 8. The molecule has 9 heteroatoms. The molecule has 2 N–H and O–H groups in total. The molecule has 1 aromatic carbocycles. The molecule has 8 nitrogen and oxygen atoms in total. The fourth-order valence-corrected chi connectivity index (χ4v) is 4.08. The Balaban J connectivity index is 1.75. The Morgan fingerprint density at radius 3 is 2.56 bits per heavy atom. The zero-order valence-electron chi connectivity index (χ0n) is 15.0. The van der Waals surface area contributed by atoms with Gasteiger partial charge in [-0.3, -0.25) is 14.5 Å². The summed E-state index contributed by atoms with van der Waals surface area (Å²) in [6.45, 7) is 1.26. The number of fused-ring (bicyclic) bond motifs is 1. The van der Waals surface area contributed by atoms with E-state index in [0.717, 1.165) is 5.56 Å². The number of carbonyl (C=O) groups excluding carboxylic acids is 3. The van der Waals surface area contributed by atoms with Crippen molar-refractivity contribution in [2.24, 2.45) is 5.73 Å². The van der Waals surface area contributed by atoms with E-state index in [9.17, 15) is 14.4 Å². The van der Waals surface area contributed by atoms with Gasteiger partial charge in [0.25, 0.3) is 0 Å². The van der Waals surface area contributed by atoms with Crippen LogP contribution in [0.15, 0.2) is 35.5 Å². The Hall–Kier alpha value is -2.52. The molecule has 2 aliphatic rings. The first-order valence-electron chi connectivity index (χ1n) is 8.28. The average molecular weight is 392 g/mol. The second-order valence-electron chi connectivity index (χ2n) is 6.09. The molecular formula is C18H20N2O6S. The second-order valence-corrected chi connectivity index (χ2v) is 7.20. The number of nitrogens with two attached hydrogens (primary N) is 1. The maximum atomic E-state index is 12.7. The summed E-state index contributed by atoms with van der Waals surface area (Å²) in [4.78, 5) is 37.3. The minimum Gasteiger partial charge on any atom is -0.497 e. The molecule has 2 atom stereocenters. The highest BCUT2D eigenvalue weighted by Crippen LogP contribution is 2.39. The SMILES string of the molecule is COc1ccc(COC(=O)C2=C(COC(C)=O)CS[C@@H]3[C@H](N)C(=O)N23)cc1. The molecule has 27 heavy (non-hydrogen) atoms. The minimum atomic E-state index is -0.644. The van der Waals surface area contributed by atoms with Gasteiger partial charge in [0.05, 0.1) is 7.11 Å². The molecule has 0 radical (unpaired) electrons. The number of carbonyl (C=O) groups is 3. The molecule has 1 aromatic rings. The van der Waals surface area contributed by atoms with E-state index in [2.05, 4.69) is 0 Å². The minimum absolute atomic E-state index is 0.0407. The molecule has 3 rings (SSSR count). The van der Waals surface area contributed by atoms with Crippen molar-refractivity contribution in [3.63, 3.8) is 0 Å². The number of esters is 2. The summed E-state index contributed by atoms with van der Waals surface area (Å²) in [5.74, 6) is -0.319. The number of hydrogen-bond donors (Lipinski definition) is 1. The molecule has 0 unspecified atom stereocenters. The van der Waals surface area contributed by atoms with E-state index in [-0.39, 0.29) is 30.2 Å². The van der Waals surface area contributed by atoms with Gasteiger partial charge >= 0.3 is 11.9 Å². The van der Waals surface area contributed by atoms with E-state index in [1.54, 1.807) is 31.4 Å². The first-order chi connectivity index (χ1) is 12.9. The summed E-state index contributed by atoms with van der Waals surface area (Å²) < 4.78 is 15.5. The van der Waals surface area contributed by atoms with Gasteiger partial charge < -0.3 is 19.9 Å². The molecule has 0 saturated carbocycles. The first-order valence-corrected chi connectivity index (χ1v) is 9.33. The Morgan fingerprint density at radius 2 is 1.93 bits per heavy atom. The number of rotatable bonds is 6. The lowest BCUT2D eigenvalue weighted by Gasteiger charge is -2.48. The van der Waals surface area contributed by atoms with E-state index in [1.165, 1.54) is 23.6 Å². The summed E-state index contributed by atoms with van der Waals surface area (Å²) >= 11 is 1.43. The van der Waals surface area contributed by atoms with Gasteiger partial charge in [-0.2, -0.15) is 0 Å². The highest BCUT2D eigenvalue weighted by atomic mass is 32.2. The van der Waals surface area contributed by atoms with E-state index in [0.29, 0.717) is 17.1 Å². The lowest BCUT2D eigenvalue weighted by Crippen LogP contribution is -2.68. The summed E-state index contributed by atoms with van der Waals surface area (Å²) in [6, 6.07) is 6.45. The Labute approximate surface area is 160 Å². The van der Waals surface area contributed by atoms with Crippen molar-refractivity contribution in [3.8, 4) is 5.75 Å². The Morgan fingerprint density at radius 1 is 1.22 bits per heavy atom. The van der Waals surface area contributed by atoms with Crippen molar-refractivity contribution in [1.82, 2.24) is 4.90 Å². The van der Waals surface area contributed by atoms with Crippen LogP contribution in [0.3, 0.4) is 0 Å². The van der Waals surface area contributed by atoms with E-state index < -0.39 is 18.0 Å². The highest BCUT2D eigenvalue weighted by molar-refractivity contribution is 8.00.